The first kappa shape index (κ1) is 38.3. The maximum absolute atomic E-state index is 15.4. The van der Waals surface area contributed by atoms with Crippen LogP contribution in [0, 0.1) is 17.5 Å². The maximum Gasteiger partial charge on any atom is 0.416 e. The third kappa shape index (κ3) is 18.8. The molecule has 0 N–H and O–H groups in total. The number of fused-ring (bicyclic) bond motifs is 2. The van der Waals surface area contributed by atoms with Crippen molar-refractivity contribution in [2.24, 2.45) is 5.89 Å². The van der Waals surface area contributed by atoms with Gasteiger partial charge in [-0.25, -0.2) is 8.78 Å². The zero-order chi connectivity index (χ0) is 101. The van der Waals surface area contributed by atoms with Gasteiger partial charge >= 0.3 is 12.4 Å². The molecule has 6 aromatic carbocycles. The summed E-state index contributed by atoms with van der Waals surface area (Å²) in [6.45, 7) is -21.3. The number of likely N-dealkylation sites (N-methyl/N-ethyl adjacent to an activating group) is 2. The Kier molecular flexibility index (Phi) is 13.1. The molecule has 2 aliphatic rings. The second-order valence-electron chi connectivity index (χ2n) is 20.2. The number of hydrogen-bond donors (Lipinski definition) is 0. The standard InChI is InChI=1S/2C37H40F4N4O2S/c1-4-43(5-2)18-19-44(22-26-6-10-28(11-7-26)29-12-14-30(15-13-29)37(39,40)41)34(46)23-45-33-21-25(3)20-32(33)35(47)42-36(45)48-24-27-8-16-31(38)17-9-27;1-4-43(5-2)21-22-44(25(3)27-11-13-28(14-12-27)29-15-17-30(18-16-29)37(39,40)41)34(46)23-45-33-8-6-7-32(33)35(47)42-36(45)48-24-26-9-19-31(38)20-10-26/h6-17,25H,4-5,18-24H2,1-3H3;9-20,25H,4-8,21-24H2,1-3H3/i6D,7D,10D,11D,12D,13D,14D,15D,18D2,19D2,20D2,21D2,22D2,23D2,24D2,25D;9D,10D,19D,20D,21D2,22D2,23D2,24D2,25D. The third-order valence-corrected chi connectivity index (χ3v) is 15.5. The molecule has 2 aliphatic carbocycles. The van der Waals surface area contributed by atoms with Crippen molar-refractivity contribution in [3.63, 3.8) is 0 Å². The number of halogens is 8. The Labute approximate surface area is 614 Å². The van der Waals surface area contributed by atoms with E-state index in [1.54, 1.807) is 0 Å². The molecule has 2 atom stereocenters. The average molecular weight is 1400 g/mol. The molecule has 12 nitrogen and oxygen atoms in total. The molecule has 2 aromatic heterocycles. The van der Waals surface area contributed by atoms with E-state index in [1.807, 2.05) is 0 Å². The highest BCUT2D eigenvalue weighted by Crippen LogP contribution is 2.35. The molecule has 0 bridgehead atoms. The van der Waals surface area contributed by atoms with E-state index in [2.05, 4.69) is 9.97 Å². The summed E-state index contributed by atoms with van der Waals surface area (Å²) in [4.78, 5) is 66.0. The van der Waals surface area contributed by atoms with Crippen molar-refractivity contribution in [1.29, 1.82) is 0 Å². The molecule has 0 aliphatic heterocycles. The highest BCUT2D eigenvalue weighted by Gasteiger charge is 2.33. The molecule has 0 saturated carbocycles. The second-order valence-corrected chi connectivity index (χ2v) is 21.7. The largest absolute Gasteiger partial charge is 0.416 e. The lowest BCUT2D eigenvalue weighted by atomic mass is 9.99. The average Bonchev–Trinajstić information content (AvgIpc) is 1.41. The first-order chi connectivity index (χ1) is 59.9. The summed E-state index contributed by atoms with van der Waals surface area (Å²) in [5.74, 6) is -10.2. The molecular formula is C74H80F8N8O4S2. The number of hydrogen-bond acceptors (Lipinski definition) is 10. The van der Waals surface area contributed by atoms with Crippen LogP contribution in [-0.4, -0.2) is 103 Å². The Balaban J connectivity index is 0.000000300. The summed E-state index contributed by atoms with van der Waals surface area (Å²) in [6, 6.07) is -7.77. The first-order valence-electron chi connectivity index (χ1n) is 46.9. The summed E-state index contributed by atoms with van der Waals surface area (Å²) < 4.78 is 429. The van der Waals surface area contributed by atoms with Gasteiger partial charge in [0.1, 0.15) is 24.6 Å². The highest BCUT2D eigenvalue weighted by molar-refractivity contribution is 7.98. The molecule has 2 heterocycles. The zero-order valence-corrected chi connectivity index (χ0v) is 53.1. The Hall–Kier alpha value is -7.92. The molecule has 96 heavy (non-hydrogen) atoms. The molecule has 2 amide bonds. The van der Waals surface area contributed by atoms with Crippen LogP contribution in [-0.2, 0) is 78.4 Å². The maximum atomic E-state index is 15.4. The molecule has 0 radical (unpaired) electrons. The Morgan fingerprint density at radius 3 is 1.66 bits per heavy atom. The predicted molar refractivity (Wildman–Crippen MR) is 362 cm³/mol. The molecule has 10 rings (SSSR count). The number of rotatable bonds is 26. The van der Waals surface area contributed by atoms with Gasteiger partial charge < -0.3 is 28.7 Å². The van der Waals surface area contributed by atoms with Gasteiger partial charge in [0.15, 0.2) is 10.3 Å². The summed E-state index contributed by atoms with van der Waals surface area (Å²) in [5.41, 5.74) is -20.3. The lowest BCUT2D eigenvalue weighted by molar-refractivity contribution is -0.138. The Bertz CT molecular complexity index is 5920. The van der Waals surface area contributed by atoms with Gasteiger partial charge in [-0.05, 0) is 164 Å². The van der Waals surface area contributed by atoms with Gasteiger partial charge in [0.05, 0.1) is 48.7 Å². The van der Waals surface area contributed by atoms with Crippen molar-refractivity contribution in [2.45, 2.75) is 133 Å². The van der Waals surface area contributed by atoms with E-state index >= 15 is 9.59 Å². The topological polar surface area (TPSA) is 117 Å². The quantitative estimate of drug-likeness (QED) is 0.0295. The first-order valence-corrected chi connectivity index (χ1v) is 30.6. The number of alkyl halides is 6. The van der Waals surface area contributed by atoms with Crippen LogP contribution in [0.15, 0.2) is 165 Å². The lowest BCUT2D eigenvalue weighted by Gasteiger charge is -2.33. The van der Waals surface area contributed by atoms with Gasteiger partial charge in [-0.1, -0.05) is 155 Å². The SMILES string of the molecule is [2H]c1c([2H])c(C(F)(F)F)c([2H])c([2H])c1-c1c([2H])c([2H])c(C([2H])([2H])N(C(=O)C([2H])([2H])n2c(SC([2H])([2H])c3ccc(F)cc3)nc(=O)c3c2C([2H])([2H])C([2H])(C)C3([2H])[2H])C([2H])([2H])C([2H])([2H])N(CC)CC)c([2H])c1[2H].[2H]c1c([2H])c(C([2H])([2H])Sc2nc(=O)c3c(n2C([2H])([2H])C(=O)N(C([2H])(C)c2ccc(-c4ccc(C(F)(F)F)cc4)cc2)C([2H])([2H])C([2H])([2H])N(CC)CC)CCC3)c([2H])c([2H])c1F. The van der Waals surface area contributed by atoms with E-state index < -0.39 is 279 Å². The van der Waals surface area contributed by atoms with E-state index in [-0.39, 0.29) is 82.2 Å². The second kappa shape index (κ2) is 32.9. The molecule has 0 spiro atoms. The predicted octanol–water partition coefficient (Wildman–Crippen LogP) is 15.2. The molecule has 22 heteroatoms. The van der Waals surface area contributed by atoms with Gasteiger partial charge in [-0.2, -0.15) is 36.3 Å². The summed E-state index contributed by atoms with van der Waals surface area (Å²) in [5, 5.41) is -2.26. The van der Waals surface area contributed by atoms with Gasteiger partial charge in [-0.15, -0.1) is 0 Å². The van der Waals surface area contributed by atoms with Crippen molar-refractivity contribution in [3.05, 3.63) is 234 Å². The van der Waals surface area contributed by atoms with E-state index in [0.29, 0.717) is 27.5 Å². The van der Waals surface area contributed by atoms with Gasteiger partial charge in [0.2, 0.25) is 11.8 Å². The van der Waals surface area contributed by atoms with Crippen molar-refractivity contribution in [3.8, 4) is 22.3 Å². The van der Waals surface area contributed by atoms with E-state index in [1.165, 1.54) is 64.1 Å². The van der Waals surface area contributed by atoms with Crippen LogP contribution in [0.3, 0.4) is 0 Å². The van der Waals surface area contributed by atoms with Crippen molar-refractivity contribution >= 4 is 35.3 Å². The van der Waals surface area contributed by atoms with Gasteiger partial charge in [0, 0.05) is 84.2 Å². The number of amides is 2. The normalized spacial score (nSPS) is 22.9. The number of nitrogens with zero attached hydrogens (tertiary/aromatic N) is 8. The molecular weight excluding hydrogens is 1280 g/mol. The van der Waals surface area contributed by atoms with E-state index in [0.717, 1.165) is 48.2 Å². The summed E-state index contributed by atoms with van der Waals surface area (Å²) >= 11 is -0.381. The van der Waals surface area contributed by atoms with E-state index in [9.17, 15) is 59.8 Å². The van der Waals surface area contributed by atoms with Gasteiger partial charge in [-0.3, -0.25) is 19.2 Å². The van der Waals surface area contributed by atoms with E-state index in [4.69, 9.17) is 34.3 Å². The molecule has 0 fully saturated rings. The fourth-order valence-corrected chi connectivity index (χ4v) is 10.2. The van der Waals surface area contributed by atoms with Crippen LogP contribution < -0.4 is 11.1 Å². The number of carbonyl (C=O) groups excluding carboxylic acids is 2. The Morgan fingerprint density at radius 1 is 0.594 bits per heavy atom. The monoisotopic (exact) mass is 1400 g/mol. The molecule has 508 valence electrons. The summed E-state index contributed by atoms with van der Waals surface area (Å²) in [7, 11) is 0. The van der Waals surface area contributed by atoms with Crippen LogP contribution in [0.4, 0.5) is 35.1 Å². The molecule has 2 unspecified atom stereocenters. The minimum Gasteiger partial charge on any atom is -0.336 e. The fraction of sp³-hybridized carbons (Fsp3) is 0.378. The number of benzene rings is 6. The van der Waals surface area contributed by atoms with Crippen molar-refractivity contribution in [2.75, 3.05) is 52.2 Å². The fourth-order valence-electron chi connectivity index (χ4n) is 8.86. The lowest BCUT2D eigenvalue weighted by Crippen LogP contribution is -2.42. The minimum absolute atomic E-state index is 0.0376. The number of aromatic nitrogens is 4. The number of thioether (sulfide) groups is 2. The van der Waals surface area contributed by atoms with Crippen LogP contribution in [0.1, 0.15) is 159 Å². The minimum atomic E-state index is -5.49. The van der Waals surface area contributed by atoms with Crippen LogP contribution in [0.2, 0.25) is 0 Å². The summed E-state index contributed by atoms with van der Waals surface area (Å²) in [6.07, 6.45) is -17.0. The van der Waals surface area contributed by atoms with Crippen LogP contribution >= 0.6 is 23.5 Å². The van der Waals surface area contributed by atoms with Gasteiger partial charge in [0.25, 0.3) is 11.1 Å². The third-order valence-electron chi connectivity index (χ3n) is 13.9. The van der Waals surface area contributed by atoms with Crippen LogP contribution in [0.25, 0.3) is 22.3 Å². The van der Waals surface area contributed by atoms with Crippen LogP contribution in [0.5, 0.6) is 0 Å². The number of carbonyl (C=O) groups is 2. The van der Waals surface area contributed by atoms with Crippen molar-refractivity contribution in [1.82, 2.24) is 38.7 Å². The smallest absolute Gasteiger partial charge is 0.336 e. The Morgan fingerprint density at radius 2 is 1.09 bits per heavy atom. The molecule has 0 saturated heterocycles. The molecule has 8 aromatic rings. The van der Waals surface area contributed by atoms with Crippen molar-refractivity contribution < 1.29 is 94.1 Å². The zero-order valence-electron chi connectivity index (χ0n) is 87.4. The highest BCUT2D eigenvalue weighted by atomic mass is 32.2.